The Hall–Kier alpha value is -1.68. The van der Waals surface area contributed by atoms with Crippen LogP contribution in [0.1, 0.15) is 35.7 Å². The molecule has 106 valence electrons. The zero-order valence-electron chi connectivity index (χ0n) is 11.8. The molecule has 1 aromatic carbocycles. The molecule has 0 spiro atoms. The lowest BCUT2D eigenvalue weighted by Gasteiger charge is -2.29. The fraction of sp³-hybridized carbons (Fsp3) is 0.500. The second-order valence-electron chi connectivity index (χ2n) is 5.93. The zero-order chi connectivity index (χ0) is 14.1. The van der Waals surface area contributed by atoms with E-state index >= 15 is 0 Å². The molecule has 2 aliphatic rings. The van der Waals surface area contributed by atoms with Gasteiger partial charge in [-0.25, -0.2) is 0 Å². The van der Waals surface area contributed by atoms with Crippen molar-refractivity contribution < 1.29 is 9.59 Å². The van der Waals surface area contributed by atoms with Crippen molar-refractivity contribution in [2.75, 3.05) is 13.1 Å². The highest BCUT2D eigenvalue weighted by Crippen LogP contribution is 2.21. The van der Waals surface area contributed by atoms with Gasteiger partial charge in [0.15, 0.2) is 0 Å². The Labute approximate surface area is 119 Å². The van der Waals surface area contributed by atoms with Crippen LogP contribution in [-0.4, -0.2) is 35.8 Å². The molecule has 1 aliphatic heterocycles. The summed E-state index contributed by atoms with van der Waals surface area (Å²) in [7, 11) is 0. The average Bonchev–Trinajstić information content (AvgIpc) is 3.25. The fourth-order valence-corrected chi connectivity index (χ4v) is 2.62. The van der Waals surface area contributed by atoms with Crippen molar-refractivity contribution >= 4 is 11.8 Å². The molecule has 1 N–H and O–H groups in total. The monoisotopic (exact) mass is 272 g/mol. The van der Waals surface area contributed by atoms with Gasteiger partial charge in [0.05, 0.1) is 6.42 Å². The van der Waals surface area contributed by atoms with Crippen LogP contribution in [0.2, 0.25) is 0 Å². The van der Waals surface area contributed by atoms with Gasteiger partial charge in [-0.05, 0) is 36.9 Å². The van der Waals surface area contributed by atoms with E-state index in [0.29, 0.717) is 24.6 Å². The van der Waals surface area contributed by atoms with Crippen molar-refractivity contribution in [3.8, 4) is 0 Å². The third kappa shape index (κ3) is 2.75. The predicted molar refractivity (Wildman–Crippen MR) is 76.4 cm³/mol. The minimum Gasteiger partial charge on any atom is -0.314 e. The van der Waals surface area contributed by atoms with Crippen molar-refractivity contribution in [3.05, 3.63) is 35.4 Å². The first-order valence-corrected chi connectivity index (χ1v) is 7.31. The van der Waals surface area contributed by atoms with Crippen LogP contribution in [0.15, 0.2) is 24.3 Å². The van der Waals surface area contributed by atoms with Crippen LogP contribution in [0, 0.1) is 5.92 Å². The van der Waals surface area contributed by atoms with Gasteiger partial charge < -0.3 is 5.32 Å². The topological polar surface area (TPSA) is 49.4 Å². The van der Waals surface area contributed by atoms with E-state index in [1.54, 1.807) is 0 Å². The summed E-state index contributed by atoms with van der Waals surface area (Å²) in [5, 5.41) is 3.45. The van der Waals surface area contributed by atoms with Gasteiger partial charge in [-0.3, -0.25) is 14.5 Å². The first-order chi connectivity index (χ1) is 9.65. The molecule has 0 aromatic heterocycles. The average molecular weight is 272 g/mol. The maximum atomic E-state index is 12.4. The number of fused-ring (bicyclic) bond motifs is 1. The Morgan fingerprint density at radius 1 is 1.30 bits per heavy atom. The van der Waals surface area contributed by atoms with Gasteiger partial charge >= 0.3 is 0 Å². The Morgan fingerprint density at radius 3 is 2.80 bits per heavy atom. The second-order valence-corrected chi connectivity index (χ2v) is 5.93. The fourth-order valence-electron chi connectivity index (χ4n) is 2.62. The summed E-state index contributed by atoms with van der Waals surface area (Å²) in [5.74, 6) is 0.0656. The third-order valence-corrected chi connectivity index (χ3v) is 3.96. The summed E-state index contributed by atoms with van der Waals surface area (Å²) in [6, 6.07) is 8.05. The van der Waals surface area contributed by atoms with Crippen LogP contribution < -0.4 is 5.32 Å². The number of nitrogens with one attached hydrogen (secondary N) is 1. The molecular weight excluding hydrogens is 252 g/mol. The Balaban J connectivity index is 1.66. The van der Waals surface area contributed by atoms with Gasteiger partial charge in [0.1, 0.15) is 0 Å². The molecule has 1 saturated carbocycles. The van der Waals surface area contributed by atoms with Crippen LogP contribution in [0.4, 0.5) is 0 Å². The van der Waals surface area contributed by atoms with E-state index in [4.69, 9.17) is 0 Å². The standard InChI is InChI=1S/C16H20N2O2/c1-11(9-17-13-6-7-13)10-18-15(19)8-12-4-2-3-5-14(12)16(18)20/h2-5,11,13,17H,6-10H2,1H3. The zero-order valence-corrected chi connectivity index (χ0v) is 11.8. The molecule has 4 nitrogen and oxygen atoms in total. The number of imide groups is 1. The first kappa shape index (κ1) is 13.3. The number of amides is 2. The number of benzene rings is 1. The Bertz CT molecular complexity index is 537. The van der Waals surface area contributed by atoms with E-state index in [1.165, 1.54) is 17.7 Å². The molecule has 1 atom stereocenters. The van der Waals surface area contributed by atoms with Crippen LogP contribution >= 0.6 is 0 Å². The van der Waals surface area contributed by atoms with Crippen molar-refractivity contribution in [2.24, 2.45) is 5.92 Å². The quantitative estimate of drug-likeness (QED) is 0.828. The molecule has 0 bridgehead atoms. The summed E-state index contributed by atoms with van der Waals surface area (Å²) < 4.78 is 0. The van der Waals surface area contributed by atoms with Gasteiger partial charge in [-0.2, -0.15) is 0 Å². The van der Waals surface area contributed by atoms with E-state index in [0.717, 1.165) is 12.1 Å². The smallest absolute Gasteiger partial charge is 0.260 e. The Morgan fingerprint density at radius 2 is 2.05 bits per heavy atom. The first-order valence-electron chi connectivity index (χ1n) is 7.31. The molecule has 3 rings (SSSR count). The molecule has 1 unspecified atom stereocenters. The highest BCUT2D eigenvalue weighted by atomic mass is 16.2. The number of carbonyl (C=O) groups excluding carboxylic acids is 2. The lowest BCUT2D eigenvalue weighted by molar-refractivity contribution is -0.128. The van der Waals surface area contributed by atoms with Crippen molar-refractivity contribution in [1.82, 2.24) is 10.2 Å². The van der Waals surface area contributed by atoms with E-state index in [-0.39, 0.29) is 17.7 Å². The number of rotatable bonds is 5. The third-order valence-electron chi connectivity index (χ3n) is 3.96. The number of nitrogens with zero attached hydrogens (tertiary/aromatic N) is 1. The van der Waals surface area contributed by atoms with Gasteiger partial charge in [0.25, 0.3) is 5.91 Å². The predicted octanol–water partition coefficient (Wildman–Crippen LogP) is 1.60. The van der Waals surface area contributed by atoms with Gasteiger partial charge in [0.2, 0.25) is 5.91 Å². The van der Waals surface area contributed by atoms with Gasteiger partial charge in [-0.15, -0.1) is 0 Å². The summed E-state index contributed by atoms with van der Waals surface area (Å²) in [5.41, 5.74) is 1.52. The second kappa shape index (κ2) is 5.37. The lowest BCUT2D eigenvalue weighted by atomic mass is 9.97. The number of hydrogen-bond acceptors (Lipinski definition) is 3. The van der Waals surface area contributed by atoms with Gasteiger partial charge in [0, 0.05) is 18.2 Å². The van der Waals surface area contributed by atoms with E-state index in [9.17, 15) is 9.59 Å². The summed E-state index contributed by atoms with van der Waals surface area (Å²) in [6.07, 6.45) is 2.84. The molecule has 1 aliphatic carbocycles. The van der Waals surface area contributed by atoms with Crippen LogP contribution in [0.5, 0.6) is 0 Å². The molecule has 4 heteroatoms. The van der Waals surface area contributed by atoms with E-state index < -0.39 is 0 Å². The largest absolute Gasteiger partial charge is 0.314 e. The summed E-state index contributed by atoms with van der Waals surface area (Å²) in [6.45, 7) is 3.45. The van der Waals surface area contributed by atoms with Crippen molar-refractivity contribution in [1.29, 1.82) is 0 Å². The van der Waals surface area contributed by atoms with Crippen LogP contribution in [0.25, 0.3) is 0 Å². The molecule has 20 heavy (non-hydrogen) atoms. The maximum Gasteiger partial charge on any atom is 0.260 e. The SMILES string of the molecule is CC(CNC1CC1)CN1C(=O)Cc2ccccc2C1=O. The van der Waals surface area contributed by atoms with Crippen LogP contribution in [-0.2, 0) is 11.2 Å². The molecular formula is C16H20N2O2. The highest BCUT2D eigenvalue weighted by Gasteiger charge is 2.31. The minimum absolute atomic E-state index is 0.0769. The normalized spacial score (nSPS) is 19.9. The molecule has 1 aromatic rings. The van der Waals surface area contributed by atoms with E-state index in [2.05, 4.69) is 12.2 Å². The molecule has 1 fully saturated rings. The molecule has 0 saturated heterocycles. The van der Waals surface area contributed by atoms with E-state index in [1.807, 2.05) is 24.3 Å². The van der Waals surface area contributed by atoms with Crippen LogP contribution in [0.3, 0.4) is 0 Å². The Kier molecular flexibility index (Phi) is 3.57. The maximum absolute atomic E-state index is 12.4. The van der Waals surface area contributed by atoms with Crippen molar-refractivity contribution in [3.63, 3.8) is 0 Å². The molecule has 0 radical (unpaired) electrons. The number of carbonyl (C=O) groups is 2. The molecule has 1 heterocycles. The van der Waals surface area contributed by atoms with Crippen molar-refractivity contribution in [2.45, 2.75) is 32.2 Å². The lowest BCUT2D eigenvalue weighted by Crippen LogP contribution is -2.45. The highest BCUT2D eigenvalue weighted by molar-refractivity contribution is 6.09. The summed E-state index contributed by atoms with van der Waals surface area (Å²) in [4.78, 5) is 26.0. The summed E-state index contributed by atoms with van der Waals surface area (Å²) >= 11 is 0. The number of hydrogen-bond donors (Lipinski definition) is 1. The van der Waals surface area contributed by atoms with Gasteiger partial charge in [-0.1, -0.05) is 25.1 Å². The molecule has 2 amide bonds. The minimum atomic E-state index is -0.143.